The van der Waals surface area contributed by atoms with E-state index in [4.69, 9.17) is 11.6 Å². The fourth-order valence-corrected chi connectivity index (χ4v) is 4.04. The number of nitrogens with zero attached hydrogens (tertiary/aromatic N) is 1. The Hall–Kier alpha value is -2.33. The third-order valence-corrected chi connectivity index (χ3v) is 5.34. The number of carbonyl (C=O) groups excluding carboxylic acids is 2. The molecule has 2 aromatic carbocycles. The molecule has 1 aliphatic heterocycles. The summed E-state index contributed by atoms with van der Waals surface area (Å²) in [7, 11) is 0. The third-order valence-electron chi connectivity index (χ3n) is 5.11. The van der Waals surface area contributed by atoms with Gasteiger partial charge in [0.2, 0.25) is 5.91 Å². The number of hydrogen-bond acceptors (Lipinski definition) is 2. The van der Waals surface area contributed by atoms with Gasteiger partial charge >= 0.3 is 0 Å². The summed E-state index contributed by atoms with van der Waals surface area (Å²) in [6.45, 7) is 2.26. The SMILES string of the molecule is CC(=O)N1CCc2cc(C(=O)NC3CCc4cc(Cl)ccc43)ccc21. The van der Waals surface area contributed by atoms with Crippen LogP contribution in [-0.2, 0) is 17.6 Å². The fraction of sp³-hybridized carbons (Fsp3) is 0.300. The second kappa shape index (κ2) is 6.19. The van der Waals surface area contributed by atoms with Crippen LogP contribution < -0.4 is 10.2 Å². The lowest BCUT2D eigenvalue weighted by Crippen LogP contribution is -2.27. The first-order valence-electron chi connectivity index (χ1n) is 8.53. The maximum absolute atomic E-state index is 12.7. The molecule has 25 heavy (non-hydrogen) atoms. The number of nitrogens with one attached hydrogen (secondary N) is 1. The summed E-state index contributed by atoms with van der Waals surface area (Å²) >= 11 is 6.05. The van der Waals surface area contributed by atoms with Crippen LogP contribution in [0, 0.1) is 0 Å². The molecule has 0 radical (unpaired) electrons. The predicted molar refractivity (Wildman–Crippen MR) is 98.2 cm³/mol. The number of amides is 2. The molecular weight excluding hydrogens is 336 g/mol. The van der Waals surface area contributed by atoms with Gasteiger partial charge in [0.25, 0.3) is 5.91 Å². The zero-order chi connectivity index (χ0) is 17.6. The van der Waals surface area contributed by atoms with Crippen molar-refractivity contribution >= 4 is 29.1 Å². The van der Waals surface area contributed by atoms with E-state index in [1.165, 1.54) is 5.56 Å². The smallest absolute Gasteiger partial charge is 0.251 e. The minimum atomic E-state index is -0.0723. The maximum atomic E-state index is 12.7. The van der Waals surface area contributed by atoms with Gasteiger partial charge in [-0.3, -0.25) is 9.59 Å². The standard InChI is InChI=1S/C20H19ClN2O2/c1-12(24)23-9-8-14-10-15(3-7-19(14)23)20(25)22-18-6-2-13-11-16(21)4-5-17(13)18/h3-5,7,10-11,18H,2,6,8-9H2,1H3,(H,22,25). The van der Waals surface area contributed by atoms with Crippen LogP contribution in [-0.4, -0.2) is 18.4 Å². The van der Waals surface area contributed by atoms with Gasteiger partial charge in [0.05, 0.1) is 6.04 Å². The van der Waals surface area contributed by atoms with Crippen LogP contribution in [0.4, 0.5) is 5.69 Å². The van der Waals surface area contributed by atoms with Crippen molar-refractivity contribution in [2.75, 3.05) is 11.4 Å². The highest BCUT2D eigenvalue weighted by molar-refractivity contribution is 6.30. The normalized spacial score (nSPS) is 18.0. The van der Waals surface area contributed by atoms with Crippen LogP contribution in [0.5, 0.6) is 0 Å². The molecule has 1 aliphatic carbocycles. The Balaban J connectivity index is 1.53. The van der Waals surface area contributed by atoms with Gasteiger partial charge in [-0.2, -0.15) is 0 Å². The molecule has 4 rings (SSSR count). The summed E-state index contributed by atoms with van der Waals surface area (Å²) in [4.78, 5) is 26.1. The van der Waals surface area contributed by atoms with E-state index in [2.05, 4.69) is 5.32 Å². The zero-order valence-electron chi connectivity index (χ0n) is 14.0. The molecule has 2 amide bonds. The first-order valence-corrected chi connectivity index (χ1v) is 8.91. The highest BCUT2D eigenvalue weighted by Crippen LogP contribution is 2.33. The van der Waals surface area contributed by atoms with E-state index < -0.39 is 0 Å². The Bertz CT molecular complexity index is 878. The molecule has 0 saturated heterocycles. The van der Waals surface area contributed by atoms with E-state index in [1.54, 1.807) is 17.9 Å². The number of aryl methyl sites for hydroxylation is 1. The first-order chi connectivity index (χ1) is 12.0. The molecule has 0 fully saturated rings. The highest BCUT2D eigenvalue weighted by Gasteiger charge is 2.26. The minimum Gasteiger partial charge on any atom is -0.345 e. The summed E-state index contributed by atoms with van der Waals surface area (Å²) in [5.41, 5.74) is 4.99. The zero-order valence-corrected chi connectivity index (χ0v) is 14.8. The molecule has 1 atom stereocenters. The highest BCUT2D eigenvalue weighted by atomic mass is 35.5. The largest absolute Gasteiger partial charge is 0.345 e. The summed E-state index contributed by atoms with van der Waals surface area (Å²) in [6.07, 6.45) is 2.61. The molecule has 5 heteroatoms. The second-order valence-electron chi connectivity index (χ2n) is 6.67. The Morgan fingerprint density at radius 1 is 1.12 bits per heavy atom. The van der Waals surface area contributed by atoms with Gasteiger partial charge in [0.15, 0.2) is 0 Å². The van der Waals surface area contributed by atoms with Crippen molar-refractivity contribution in [3.63, 3.8) is 0 Å². The minimum absolute atomic E-state index is 0.0294. The molecule has 1 N–H and O–H groups in total. The van der Waals surface area contributed by atoms with Crippen LogP contribution in [0.2, 0.25) is 5.02 Å². The van der Waals surface area contributed by atoms with E-state index in [9.17, 15) is 9.59 Å². The van der Waals surface area contributed by atoms with Crippen molar-refractivity contribution in [2.24, 2.45) is 0 Å². The molecule has 1 heterocycles. The molecule has 2 aromatic rings. The summed E-state index contributed by atoms with van der Waals surface area (Å²) in [6, 6.07) is 11.5. The van der Waals surface area contributed by atoms with Crippen molar-refractivity contribution < 1.29 is 9.59 Å². The lowest BCUT2D eigenvalue weighted by molar-refractivity contribution is -0.116. The number of hydrogen-bond donors (Lipinski definition) is 1. The number of fused-ring (bicyclic) bond motifs is 2. The van der Waals surface area contributed by atoms with E-state index in [0.29, 0.717) is 12.1 Å². The molecule has 2 aliphatic rings. The number of benzene rings is 2. The second-order valence-corrected chi connectivity index (χ2v) is 7.11. The molecule has 4 nitrogen and oxygen atoms in total. The monoisotopic (exact) mass is 354 g/mol. The first kappa shape index (κ1) is 16.2. The molecule has 1 unspecified atom stereocenters. The van der Waals surface area contributed by atoms with Gasteiger partial charge < -0.3 is 10.2 Å². The average molecular weight is 355 g/mol. The number of anilines is 1. The molecule has 0 aromatic heterocycles. The lowest BCUT2D eigenvalue weighted by Gasteiger charge is -2.16. The molecule has 0 saturated carbocycles. The van der Waals surface area contributed by atoms with Crippen molar-refractivity contribution in [2.45, 2.75) is 32.2 Å². The van der Waals surface area contributed by atoms with E-state index in [1.807, 2.05) is 30.3 Å². The van der Waals surface area contributed by atoms with E-state index in [-0.39, 0.29) is 17.9 Å². The molecule has 128 valence electrons. The van der Waals surface area contributed by atoms with Crippen LogP contribution in [0.1, 0.15) is 46.4 Å². The number of halogens is 1. The van der Waals surface area contributed by atoms with Gasteiger partial charge in [-0.05, 0) is 66.3 Å². The summed E-state index contributed by atoms with van der Waals surface area (Å²) < 4.78 is 0. The van der Waals surface area contributed by atoms with Gasteiger partial charge in [0.1, 0.15) is 0 Å². The Kier molecular flexibility index (Phi) is 4.00. The fourth-order valence-electron chi connectivity index (χ4n) is 3.85. The van der Waals surface area contributed by atoms with Gasteiger partial charge in [0, 0.05) is 29.7 Å². The third kappa shape index (κ3) is 2.91. The van der Waals surface area contributed by atoms with E-state index in [0.717, 1.165) is 41.1 Å². The molecule has 0 bridgehead atoms. The topological polar surface area (TPSA) is 49.4 Å². The number of rotatable bonds is 2. The van der Waals surface area contributed by atoms with Crippen molar-refractivity contribution in [1.29, 1.82) is 0 Å². The quantitative estimate of drug-likeness (QED) is 0.894. The van der Waals surface area contributed by atoms with Crippen molar-refractivity contribution in [3.8, 4) is 0 Å². The van der Waals surface area contributed by atoms with Crippen LogP contribution in [0.3, 0.4) is 0 Å². The van der Waals surface area contributed by atoms with Gasteiger partial charge in [-0.15, -0.1) is 0 Å². The lowest BCUT2D eigenvalue weighted by atomic mass is 10.1. The molecular formula is C20H19ClN2O2. The van der Waals surface area contributed by atoms with Gasteiger partial charge in [-0.25, -0.2) is 0 Å². The van der Waals surface area contributed by atoms with Crippen molar-refractivity contribution in [3.05, 3.63) is 63.7 Å². The van der Waals surface area contributed by atoms with Crippen molar-refractivity contribution in [1.82, 2.24) is 5.32 Å². The van der Waals surface area contributed by atoms with Crippen LogP contribution >= 0.6 is 11.6 Å². The summed E-state index contributed by atoms with van der Waals surface area (Å²) in [5, 5.41) is 3.87. The Morgan fingerprint density at radius 3 is 2.76 bits per heavy atom. The maximum Gasteiger partial charge on any atom is 0.251 e. The van der Waals surface area contributed by atoms with Crippen LogP contribution in [0.15, 0.2) is 36.4 Å². The van der Waals surface area contributed by atoms with E-state index >= 15 is 0 Å². The molecule has 0 spiro atoms. The predicted octanol–water partition coefficient (Wildman–Crippen LogP) is 3.67. The average Bonchev–Trinajstić information content (AvgIpc) is 3.18. The number of carbonyl (C=O) groups is 2. The Labute approximate surface area is 151 Å². The van der Waals surface area contributed by atoms with Gasteiger partial charge in [-0.1, -0.05) is 17.7 Å². The Morgan fingerprint density at radius 2 is 1.96 bits per heavy atom. The van der Waals surface area contributed by atoms with Crippen LogP contribution in [0.25, 0.3) is 0 Å². The summed E-state index contributed by atoms with van der Waals surface area (Å²) in [5.74, 6) is -0.0333.